The van der Waals surface area contributed by atoms with E-state index in [2.05, 4.69) is 116 Å². The highest BCUT2D eigenvalue weighted by atomic mass is 16.5. The Morgan fingerprint density at radius 1 is 0.447 bits per heavy atom. The smallest absolute Gasteiger partial charge is 0.132 e. The Morgan fingerprint density at radius 3 is 1.15 bits per heavy atom. The number of hydrogen-bond donors (Lipinski definition) is 3. The van der Waals surface area contributed by atoms with Gasteiger partial charge in [0.1, 0.15) is 5.60 Å². The second-order valence-electron chi connectivity index (χ2n) is 13.2. The summed E-state index contributed by atoms with van der Waals surface area (Å²) in [5, 5.41) is 31.4. The monoisotopic (exact) mass is 636 g/mol. The molecule has 4 aromatic rings. The Kier molecular flexibility index (Phi) is 14.7. The molecule has 0 aliphatic rings. The molecule has 0 aliphatic carbocycles. The topological polar surface area (TPSA) is 69.9 Å². The summed E-state index contributed by atoms with van der Waals surface area (Å²) in [6, 6.07) is 42.1. The van der Waals surface area contributed by atoms with E-state index in [4.69, 9.17) is 4.74 Å². The van der Waals surface area contributed by atoms with Crippen LogP contribution in [-0.2, 0) is 15.8 Å². The van der Waals surface area contributed by atoms with Gasteiger partial charge in [0.2, 0.25) is 0 Å². The van der Waals surface area contributed by atoms with E-state index in [9.17, 15) is 15.3 Å². The molecule has 0 aliphatic heterocycles. The Bertz CT molecular complexity index is 1280. The van der Waals surface area contributed by atoms with Crippen molar-refractivity contribution in [2.24, 2.45) is 5.41 Å². The molecule has 0 unspecified atom stereocenters. The molecule has 4 heteroatoms. The maximum Gasteiger partial charge on any atom is 0.132 e. The van der Waals surface area contributed by atoms with Gasteiger partial charge in [-0.1, -0.05) is 192 Å². The molecule has 4 aromatic carbocycles. The van der Waals surface area contributed by atoms with Crippen LogP contribution in [0.25, 0.3) is 0 Å². The zero-order chi connectivity index (χ0) is 33.3. The second kappa shape index (κ2) is 18.9. The summed E-state index contributed by atoms with van der Waals surface area (Å²) in [7, 11) is 0. The van der Waals surface area contributed by atoms with Crippen molar-refractivity contribution in [2.75, 3.05) is 26.4 Å². The van der Waals surface area contributed by atoms with Crippen LogP contribution in [-0.4, -0.2) is 41.7 Å². The van der Waals surface area contributed by atoms with Gasteiger partial charge >= 0.3 is 0 Å². The van der Waals surface area contributed by atoms with Crippen LogP contribution in [0.2, 0.25) is 0 Å². The lowest BCUT2D eigenvalue weighted by Gasteiger charge is -2.53. The van der Waals surface area contributed by atoms with Crippen LogP contribution in [0, 0.1) is 5.41 Å². The highest BCUT2D eigenvalue weighted by molar-refractivity contribution is 5.53. The van der Waals surface area contributed by atoms with E-state index in [-0.39, 0.29) is 6.61 Å². The van der Waals surface area contributed by atoms with E-state index in [1.807, 2.05) is 12.1 Å². The molecule has 0 aromatic heterocycles. The number of aliphatic hydroxyl groups is 3. The molecular weight excluding hydrogens is 580 g/mol. The maximum atomic E-state index is 10.5. The average molecular weight is 637 g/mol. The molecule has 0 spiro atoms. The minimum absolute atomic E-state index is 0.0419. The third kappa shape index (κ3) is 8.61. The van der Waals surface area contributed by atoms with E-state index >= 15 is 0 Å². The third-order valence-electron chi connectivity index (χ3n) is 10.0. The lowest BCUT2D eigenvalue weighted by Crippen LogP contribution is -2.55. The summed E-state index contributed by atoms with van der Waals surface area (Å²) in [6.45, 7) is 1.02. The van der Waals surface area contributed by atoms with Crippen molar-refractivity contribution in [3.63, 3.8) is 0 Å². The lowest BCUT2D eigenvalue weighted by molar-refractivity contribution is -0.135. The molecule has 0 heterocycles. The Balaban J connectivity index is 1.89. The SMILES string of the molecule is CCCCCCCCCCCCC(c1ccccc1)(c1ccccc1)C(OCC(CO)(CO)CO)(c1ccccc1)c1ccccc1. The van der Waals surface area contributed by atoms with Crippen LogP contribution in [0.5, 0.6) is 0 Å². The summed E-state index contributed by atoms with van der Waals surface area (Å²) in [5.41, 5.74) is 1.23. The molecule has 4 nitrogen and oxygen atoms in total. The first-order valence-corrected chi connectivity index (χ1v) is 17.8. The minimum atomic E-state index is -1.22. The third-order valence-corrected chi connectivity index (χ3v) is 10.0. The number of unbranched alkanes of at least 4 members (excludes halogenated alkanes) is 9. The fraction of sp³-hybridized carbons (Fsp3) is 0.442. The van der Waals surface area contributed by atoms with Crippen molar-refractivity contribution < 1.29 is 20.1 Å². The van der Waals surface area contributed by atoms with Crippen LogP contribution in [0.4, 0.5) is 0 Å². The van der Waals surface area contributed by atoms with Crippen molar-refractivity contribution in [3.8, 4) is 0 Å². The number of hydrogen-bond acceptors (Lipinski definition) is 4. The van der Waals surface area contributed by atoms with Crippen molar-refractivity contribution in [1.29, 1.82) is 0 Å². The standard InChI is InChI=1S/C43H56O4/c1-2-3-4-5-6-7-8-9-10-23-32-42(37-24-15-11-16-25-37,38-26-17-12-18-27-38)43(39-28-19-13-20-29-39,40-30-21-14-22-31-40)47-36-41(33-44,34-45)35-46/h11-22,24-31,44-46H,2-10,23,32-36H2,1H3. The van der Waals surface area contributed by atoms with Gasteiger partial charge in [0.15, 0.2) is 0 Å². The van der Waals surface area contributed by atoms with E-state index < -0.39 is 36.3 Å². The molecule has 0 amide bonds. The molecule has 0 saturated heterocycles. The first kappa shape index (κ1) is 36.6. The molecule has 0 atom stereocenters. The fourth-order valence-electron chi connectivity index (χ4n) is 7.20. The van der Waals surface area contributed by atoms with E-state index in [1.54, 1.807) is 0 Å². The molecule has 0 fully saturated rings. The Morgan fingerprint density at radius 2 is 0.787 bits per heavy atom. The average Bonchev–Trinajstić information content (AvgIpc) is 3.15. The molecular formula is C43H56O4. The van der Waals surface area contributed by atoms with Gasteiger partial charge in [-0.25, -0.2) is 0 Å². The molecule has 0 radical (unpaired) electrons. The van der Waals surface area contributed by atoms with Crippen LogP contribution < -0.4 is 0 Å². The minimum Gasteiger partial charge on any atom is -0.396 e. The van der Waals surface area contributed by atoms with Gasteiger partial charge in [-0.15, -0.1) is 0 Å². The highest BCUT2D eigenvalue weighted by Gasteiger charge is 2.57. The molecule has 0 bridgehead atoms. The predicted octanol–water partition coefficient (Wildman–Crippen LogP) is 9.21. The summed E-state index contributed by atoms with van der Waals surface area (Å²) < 4.78 is 7.38. The number of benzene rings is 4. The van der Waals surface area contributed by atoms with Crippen LogP contribution in [0.15, 0.2) is 121 Å². The van der Waals surface area contributed by atoms with E-state index in [1.165, 1.54) is 51.4 Å². The molecule has 47 heavy (non-hydrogen) atoms. The van der Waals surface area contributed by atoms with Gasteiger partial charge in [0, 0.05) is 0 Å². The van der Waals surface area contributed by atoms with Gasteiger partial charge in [0.05, 0.1) is 37.3 Å². The predicted molar refractivity (Wildman–Crippen MR) is 193 cm³/mol. The van der Waals surface area contributed by atoms with Crippen LogP contribution >= 0.6 is 0 Å². The quantitative estimate of drug-likeness (QED) is 0.0753. The molecule has 252 valence electrons. The van der Waals surface area contributed by atoms with Gasteiger partial charge in [-0.2, -0.15) is 0 Å². The molecule has 4 rings (SSSR count). The number of aliphatic hydroxyl groups excluding tert-OH is 3. The highest BCUT2D eigenvalue weighted by Crippen LogP contribution is 2.57. The zero-order valence-corrected chi connectivity index (χ0v) is 28.4. The summed E-state index contributed by atoms with van der Waals surface area (Å²) in [6.07, 6.45) is 13.3. The lowest BCUT2D eigenvalue weighted by atomic mass is 9.56. The summed E-state index contributed by atoms with van der Waals surface area (Å²) in [5.74, 6) is 0. The van der Waals surface area contributed by atoms with Crippen molar-refractivity contribution in [2.45, 2.75) is 88.6 Å². The number of ether oxygens (including phenoxy) is 1. The fourth-order valence-corrected chi connectivity index (χ4v) is 7.20. The second-order valence-corrected chi connectivity index (χ2v) is 13.2. The van der Waals surface area contributed by atoms with Crippen molar-refractivity contribution in [3.05, 3.63) is 144 Å². The summed E-state index contributed by atoms with van der Waals surface area (Å²) in [4.78, 5) is 0. The zero-order valence-electron chi connectivity index (χ0n) is 28.4. The van der Waals surface area contributed by atoms with Crippen LogP contribution in [0.1, 0.15) is 99.8 Å². The van der Waals surface area contributed by atoms with Gasteiger partial charge in [-0.05, 0) is 28.7 Å². The van der Waals surface area contributed by atoms with E-state index in [0.29, 0.717) is 0 Å². The first-order chi connectivity index (χ1) is 23.1. The largest absolute Gasteiger partial charge is 0.396 e. The van der Waals surface area contributed by atoms with Gasteiger partial charge in [0.25, 0.3) is 0 Å². The normalized spacial score (nSPS) is 12.3. The Labute approximate surface area is 283 Å². The Hall–Kier alpha value is -3.28. The van der Waals surface area contributed by atoms with Crippen molar-refractivity contribution in [1.82, 2.24) is 0 Å². The maximum absolute atomic E-state index is 10.5. The number of rotatable bonds is 22. The van der Waals surface area contributed by atoms with Gasteiger partial charge < -0.3 is 20.1 Å². The first-order valence-electron chi connectivity index (χ1n) is 17.8. The van der Waals surface area contributed by atoms with Gasteiger partial charge in [-0.3, -0.25) is 0 Å². The van der Waals surface area contributed by atoms with Crippen LogP contribution in [0.3, 0.4) is 0 Å². The summed E-state index contributed by atoms with van der Waals surface area (Å²) >= 11 is 0. The van der Waals surface area contributed by atoms with E-state index in [0.717, 1.165) is 41.5 Å². The molecule has 3 N–H and O–H groups in total. The molecule has 0 saturated carbocycles. The van der Waals surface area contributed by atoms with Crippen molar-refractivity contribution >= 4 is 0 Å².